The zero-order chi connectivity index (χ0) is 21.3. The Hall–Kier alpha value is -3.13. The zero-order valence-corrected chi connectivity index (χ0v) is 18.0. The molecule has 0 spiro atoms. The number of allylic oxidation sites excluding steroid dienone is 1. The minimum absolute atomic E-state index is 0.368. The topological polar surface area (TPSA) is 75.9 Å². The van der Waals surface area contributed by atoms with E-state index in [1.165, 1.54) is 16.9 Å². The molecule has 0 fully saturated rings. The highest BCUT2D eigenvalue weighted by atomic mass is 32.1. The van der Waals surface area contributed by atoms with Gasteiger partial charge < -0.3 is 9.64 Å². The predicted octanol–water partition coefficient (Wildman–Crippen LogP) is 3.20. The molecule has 0 unspecified atom stereocenters. The van der Waals surface area contributed by atoms with Crippen molar-refractivity contribution in [2.75, 3.05) is 13.7 Å². The number of hydrogen-bond donors (Lipinski definition) is 1. The zero-order valence-electron chi connectivity index (χ0n) is 17.2. The number of carbonyl (C=O) groups is 2. The molecule has 0 aliphatic carbocycles. The Balaban J connectivity index is 1.73. The second-order valence-electron chi connectivity index (χ2n) is 7.52. The van der Waals surface area contributed by atoms with Gasteiger partial charge in [-0.05, 0) is 31.0 Å². The predicted molar refractivity (Wildman–Crippen MR) is 116 cm³/mol. The van der Waals surface area contributed by atoms with Crippen LogP contribution < -0.4 is 10.1 Å². The van der Waals surface area contributed by atoms with E-state index in [-0.39, 0.29) is 5.91 Å². The van der Waals surface area contributed by atoms with E-state index in [0.29, 0.717) is 25.2 Å². The highest BCUT2D eigenvalue weighted by Gasteiger charge is 2.41. The molecule has 0 saturated heterocycles. The fraction of sp³-hybridized carbons (Fsp3) is 0.318. The third kappa shape index (κ3) is 3.37. The fourth-order valence-electron chi connectivity index (χ4n) is 3.95. The van der Waals surface area contributed by atoms with E-state index in [4.69, 9.17) is 4.74 Å². The number of imidazole rings is 1. The Labute approximate surface area is 179 Å². The van der Waals surface area contributed by atoms with Gasteiger partial charge >= 0.3 is 0 Å². The molecule has 30 heavy (non-hydrogen) atoms. The van der Waals surface area contributed by atoms with E-state index in [1.807, 2.05) is 41.2 Å². The lowest BCUT2D eigenvalue weighted by atomic mass is 9.85. The summed E-state index contributed by atoms with van der Waals surface area (Å²) in [5.74, 6) is 0.432. The van der Waals surface area contributed by atoms with E-state index in [1.54, 1.807) is 7.11 Å². The summed E-state index contributed by atoms with van der Waals surface area (Å²) in [5, 5.41) is 4.30. The van der Waals surface area contributed by atoms with Gasteiger partial charge in [-0.3, -0.25) is 19.3 Å². The van der Waals surface area contributed by atoms with Gasteiger partial charge in [0.15, 0.2) is 4.96 Å². The Morgan fingerprint density at radius 2 is 2.27 bits per heavy atom. The van der Waals surface area contributed by atoms with Crippen LogP contribution in [0.4, 0.5) is 0 Å². The van der Waals surface area contributed by atoms with Crippen molar-refractivity contribution in [3.8, 4) is 5.75 Å². The molecule has 156 valence electrons. The van der Waals surface area contributed by atoms with E-state index >= 15 is 0 Å². The number of ether oxygens (including phenoxy) is 1. The van der Waals surface area contributed by atoms with Gasteiger partial charge in [0.25, 0.3) is 0 Å². The van der Waals surface area contributed by atoms with Crippen LogP contribution in [0.5, 0.6) is 5.75 Å². The second kappa shape index (κ2) is 7.95. The highest BCUT2D eigenvalue weighted by molar-refractivity contribution is 7.15. The number of amides is 2. The maximum absolute atomic E-state index is 13.0. The standard InChI is InChI=1S/C22H24N4O3S/c1-4-5-18-17-10-16(29-3)7-6-15(17)11-26(18)13-22(2,20(28)23-14-27)19-12-25-8-9-30-21(25)24-19/h5-10,12,14H,4,11,13H2,1-3H3,(H,23,27,28)/b18-5-/t22-/m1/s1. The fourth-order valence-corrected chi connectivity index (χ4v) is 4.65. The lowest BCUT2D eigenvalue weighted by molar-refractivity contribution is -0.130. The SMILES string of the molecule is CC/C=C1/c2cc(OC)ccc2CN1C[C@@](C)(C(=O)NC=O)c1cn2ccsc2n1. The van der Waals surface area contributed by atoms with Crippen molar-refractivity contribution in [3.05, 3.63) is 58.9 Å². The number of aromatic nitrogens is 2. The van der Waals surface area contributed by atoms with Crippen LogP contribution in [0.25, 0.3) is 10.7 Å². The van der Waals surface area contributed by atoms with Crippen LogP contribution in [0.1, 0.15) is 37.1 Å². The minimum atomic E-state index is -1.01. The summed E-state index contributed by atoms with van der Waals surface area (Å²) in [4.78, 5) is 31.8. The largest absolute Gasteiger partial charge is 0.497 e. The molecule has 1 aliphatic rings. The number of hydrogen-bond acceptors (Lipinski definition) is 6. The highest BCUT2D eigenvalue weighted by Crippen LogP contribution is 2.38. The number of thiazole rings is 1. The number of benzene rings is 1. The number of carbonyl (C=O) groups excluding carboxylic acids is 2. The van der Waals surface area contributed by atoms with E-state index < -0.39 is 5.41 Å². The molecule has 0 radical (unpaired) electrons. The number of nitrogens with one attached hydrogen (secondary N) is 1. The van der Waals surface area contributed by atoms with Crippen LogP contribution in [0.2, 0.25) is 0 Å². The molecule has 3 heterocycles. The summed E-state index contributed by atoms with van der Waals surface area (Å²) < 4.78 is 7.31. The summed E-state index contributed by atoms with van der Waals surface area (Å²) in [5.41, 5.74) is 2.99. The van der Waals surface area contributed by atoms with E-state index in [2.05, 4.69) is 34.3 Å². The second-order valence-corrected chi connectivity index (χ2v) is 8.39. The van der Waals surface area contributed by atoms with Crippen LogP contribution in [-0.2, 0) is 21.5 Å². The summed E-state index contributed by atoms with van der Waals surface area (Å²) in [6.45, 7) is 4.99. The van der Waals surface area contributed by atoms with Crippen molar-refractivity contribution in [2.45, 2.75) is 32.2 Å². The van der Waals surface area contributed by atoms with Crippen LogP contribution in [0, 0.1) is 0 Å². The summed E-state index contributed by atoms with van der Waals surface area (Å²) in [7, 11) is 1.66. The molecule has 1 aromatic carbocycles. The third-order valence-corrected chi connectivity index (χ3v) is 6.32. The third-order valence-electron chi connectivity index (χ3n) is 5.55. The molecular formula is C22H24N4O3S. The first-order valence-electron chi connectivity index (χ1n) is 9.80. The van der Waals surface area contributed by atoms with Crippen molar-refractivity contribution in [3.63, 3.8) is 0 Å². The van der Waals surface area contributed by atoms with Crippen molar-refractivity contribution in [1.29, 1.82) is 0 Å². The quantitative estimate of drug-likeness (QED) is 0.590. The van der Waals surface area contributed by atoms with Gasteiger partial charge in [0, 0.05) is 42.1 Å². The molecule has 1 atom stereocenters. The maximum Gasteiger partial charge on any atom is 0.240 e. The molecule has 0 bridgehead atoms. The monoisotopic (exact) mass is 424 g/mol. The van der Waals surface area contributed by atoms with E-state index in [9.17, 15) is 9.59 Å². The van der Waals surface area contributed by atoms with Crippen LogP contribution >= 0.6 is 11.3 Å². The van der Waals surface area contributed by atoms with Gasteiger partial charge in [-0.2, -0.15) is 0 Å². The van der Waals surface area contributed by atoms with Gasteiger partial charge in [0.1, 0.15) is 11.2 Å². The number of rotatable bonds is 7. The first-order chi connectivity index (χ1) is 14.5. The number of methoxy groups -OCH3 is 1. The van der Waals surface area contributed by atoms with Crippen LogP contribution in [0.3, 0.4) is 0 Å². The molecule has 1 N–H and O–H groups in total. The Morgan fingerprint density at radius 3 is 2.97 bits per heavy atom. The molecule has 0 saturated carbocycles. The van der Waals surface area contributed by atoms with Crippen molar-refractivity contribution < 1.29 is 14.3 Å². The molecule has 2 aromatic heterocycles. The van der Waals surface area contributed by atoms with Crippen molar-refractivity contribution in [1.82, 2.24) is 19.6 Å². The van der Waals surface area contributed by atoms with Gasteiger partial charge in [0.2, 0.25) is 12.3 Å². The van der Waals surface area contributed by atoms with Crippen LogP contribution in [-0.4, -0.2) is 40.3 Å². The number of nitrogens with zero attached hydrogens (tertiary/aromatic N) is 3. The molecule has 2 amide bonds. The Kier molecular flexibility index (Phi) is 5.34. The summed E-state index contributed by atoms with van der Waals surface area (Å²) in [6, 6.07) is 6.05. The average Bonchev–Trinajstić information content (AvgIpc) is 3.42. The Morgan fingerprint density at radius 1 is 1.43 bits per heavy atom. The first-order valence-corrected chi connectivity index (χ1v) is 10.7. The molecule has 4 rings (SSSR count). The van der Waals surface area contributed by atoms with Crippen molar-refractivity contribution in [2.24, 2.45) is 0 Å². The summed E-state index contributed by atoms with van der Waals surface area (Å²) >= 11 is 1.51. The Bertz CT molecular complexity index is 1100. The average molecular weight is 425 g/mol. The lowest BCUT2D eigenvalue weighted by Crippen LogP contribution is -2.48. The summed E-state index contributed by atoms with van der Waals surface area (Å²) in [6.07, 6.45) is 7.24. The van der Waals surface area contributed by atoms with Gasteiger partial charge in [-0.25, -0.2) is 4.98 Å². The van der Waals surface area contributed by atoms with Gasteiger partial charge in [0.05, 0.1) is 12.8 Å². The first kappa shape index (κ1) is 20.2. The molecule has 3 aromatic rings. The smallest absolute Gasteiger partial charge is 0.240 e. The molecular weight excluding hydrogens is 400 g/mol. The lowest BCUT2D eigenvalue weighted by Gasteiger charge is -2.32. The normalized spacial score (nSPS) is 16.5. The number of imide groups is 1. The van der Waals surface area contributed by atoms with Crippen molar-refractivity contribution >= 4 is 34.3 Å². The molecule has 8 heteroatoms. The van der Waals surface area contributed by atoms with Crippen LogP contribution in [0.15, 0.2) is 42.0 Å². The molecule has 1 aliphatic heterocycles. The van der Waals surface area contributed by atoms with E-state index in [0.717, 1.165) is 28.4 Å². The maximum atomic E-state index is 13.0. The molecule has 7 nitrogen and oxygen atoms in total. The minimum Gasteiger partial charge on any atom is -0.497 e. The van der Waals surface area contributed by atoms with Gasteiger partial charge in [-0.15, -0.1) is 11.3 Å². The van der Waals surface area contributed by atoms with Gasteiger partial charge in [-0.1, -0.05) is 19.1 Å². The number of fused-ring (bicyclic) bond motifs is 2.